The van der Waals surface area contributed by atoms with Crippen molar-refractivity contribution in [3.8, 4) is 0 Å². The van der Waals surface area contributed by atoms with Crippen LogP contribution in [-0.2, 0) is 0 Å². The van der Waals surface area contributed by atoms with E-state index in [4.69, 9.17) is 0 Å². The van der Waals surface area contributed by atoms with Crippen molar-refractivity contribution in [2.45, 2.75) is 12.8 Å². The van der Waals surface area contributed by atoms with E-state index in [1.807, 2.05) is 6.20 Å². The normalized spacial score (nSPS) is 22.4. The largest absolute Gasteiger partial charge is 0.355 e. The average molecular weight is 256 g/mol. The maximum atomic E-state index is 4.32. The van der Waals surface area contributed by atoms with E-state index in [-0.39, 0.29) is 0 Å². The molecule has 4 heteroatoms. The minimum absolute atomic E-state index is 0.755. The molecule has 1 aromatic heterocycles. The van der Waals surface area contributed by atoms with Crippen LogP contribution in [0.25, 0.3) is 0 Å². The van der Waals surface area contributed by atoms with Crippen molar-refractivity contribution in [3.05, 3.63) is 18.6 Å². The Hall–Kier alpha value is -0.640. The molecule has 0 aromatic carbocycles. The van der Waals surface area contributed by atoms with Crippen molar-refractivity contribution in [1.29, 1.82) is 0 Å². The molecule has 1 aliphatic rings. The van der Waals surface area contributed by atoms with Gasteiger partial charge in [-0.05, 0) is 18.8 Å². The van der Waals surface area contributed by atoms with Crippen molar-refractivity contribution in [3.63, 3.8) is 0 Å². The van der Waals surface area contributed by atoms with Gasteiger partial charge in [-0.2, -0.15) is 0 Å². The van der Waals surface area contributed by atoms with Crippen LogP contribution in [0.1, 0.15) is 12.8 Å². The fourth-order valence-corrected chi connectivity index (χ4v) is 2.38. The van der Waals surface area contributed by atoms with Gasteiger partial charge in [-0.25, -0.2) is 4.98 Å². The summed E-state index contributed by atoms with van der Waals surface area (Å²) < 4.78 is 0. The number of anilines is 1. The molecule has 1 atom stereocenters. The van der Waals surface area contributed by atoms with E-state index in [0.29, 0.717) is 0 Å². The summed E-state index contributed by atoms with van der Waals surface area (Å²) in [5, 5.41) is 1.09. The van der Waals surface area contributed by atoms with E-state index in [2.05, 4.69) is 30.8 Å². The summed E-state index contributed by atoms with van der Waals surface area (Å²) in [5.74, 6) is 1.77. The molecule has 0 amide bonds. The molecule has 0 bridgehead atoms. The molecule has 0 radical (unpaired) electrons. The predicted octanol–water partition coefficient (Wildman–Crippen LogP) is 2.09. The molecule has 1 aliphatic heterocycles. The molecule has 14 heavy (non-hydrogen) atoms. The fraction of sp³-hybridized carbons (Fsp3) is 0.600. The maximum Gasteiger partial charge on any atom is 0.147 e. The average Bonchev–Trinajstić information content (AvgIpc) is 2.30. The summed E-state index contributed by atoms with van der Waals surface area (Å²) in [4.78, 5) is 10.7. The van der Waals surface area contributed by atoms with Gasteiger partial charge in [0, 0.05) is 30.8 Å². The molecule has 0 aliphatic carbocycles. The topological polar surface area (TPSA) is 29.0 Å². The van der Waals surface area contributed by atoms with E-state index in [0.717, 1.165) is 30.2 Å². The minimum atomic E-state index is 0.755. The van der Waals surface area contributed by atoms with Crippen molar-refractivity contribution in [1.82, 2.24) is 9.97 Å². The molecule has 1 saturated heterocycles. The smallest absolute Gasteiger partial charge is 0.147 e. The minimum Gasteiger partial charge on any atom is -0.355 e. The van der Waals surface area contributed by atoms with Gasteiger partial charge in [0.25, 0.3) is 0 Å². The summed E-state index contributed by atoms with van der Waals surface area (Å²) in [6, 6.07) is 0. The van der Waals surface area contributed by atoms with Crippen molar-refractivity contribution < 1.29 is 0 Å². The van der Waals surface area contributed by atoms with Crippen LogP contribution in [0.3, 0.4) is 0 Å². The summed E-state index contributed by atoms with van der Waals surface area (Å²) in [6.07, 6.45) is 7.90. The first kappa shape index (κ1) is 9.90. The number of hydrogen-bond donors (Lipinski definition) is 0. The van der Waals surface area contributed by atoms with Crippen LogP contribution in [0.5, 0.6) is 0 Å². The van der Waals surface area contributed by atoms with Gasteiger partial charge in [0.15, 0.2) is 0 Å². The Morgan fingerprint density at radius 1 is 1.50 bits per heavy atom. The number of hydrogen-bond acceptors (Lipinski definition) is 3. The molecular formula is C10H14BrN3. The standard InChI is InChI=1S/C10H14BrN3/c11-6-9-2-1-5-14(8-9)10-7-12-3-4-13-10/h3-4,7,9H,1-2,5-6,8H2. The van der Waals surface area contributed by atoms with E-state index in [9.17, 15) is 0 Å². The Labute approximate surface area is 92.7 Å². The van der Waals surface area contributed by atoms with Crippen LogP contribution in [0.15, 0.2) is 18.6 Å². The number of halogens is 1. The maximum absolute atomic E-state index is 4.32. The van der Waals surface area contributed by atoms with Crippen LogP contribution in [0.4, 0.5) is 5.82 Å². The highest BCUT2D eigenvalue weighted by molar-refractivity contribution is 9.09. The Morgan fingerprint density at radius 2 is 2.43 bits per heavy atom. The third-order valence-corrected chi connectivity index (χ3v) is 3.53. The molecule has 1 unspecified atom stereocenters. The summed E-state index contributed by atoms with van der Waals surface area (Å²) in [6.45, 7) is 2.21. The summed E-state index contributed by atoms with van der Waals surface area (Å²) in [7, 11) is 0. The number of piperidine rings is 1. The van der Waals surface area contributed by atoms with Crippen molar-refractivity contribution >= 4 is 21.7 Å². The second-order valence-electron chi connectivity index (χ2n) is 3.67. The second kappa shape index (κ2) is 4.73. The highest BCUT2D eigenvalue weighted by atomic mass is 79.9. The van der Waals surface area contributed by atoms with E-state index in [1.165, 1.54) is 12.8 Å². The van der Waals surface area contributed by atoms with E-state index in [1.54, 1.807) is 12.4 Å². The highest BCUT2D eigenvalue weighted by Crippen LogP contribution is 2.21. The lowest BCUT2D eigenvalue weighted by molar-refractivity contribution is 0.452. The Morgan fingerprint density at radius 3 is 3.14 bits per heavy atom. The monoisotopic (exact) mass is 255 g/mol. The first-order chi connectivity index (χ1) is 6.90. The number of alkyl halides is 1. The molecule has 2 rings (SSSR count). The third-order valence-electron chi connectivity index (χ3n) is 2.61. The van der Waals surface area contributed by atoms with Gasteiger partial charge in [0.05, 0.1) is 6.20 Å². The quantitative estimate of drug-likeness (QED) is 0.759. The van der Waals surface area contributed by atoms with Gasteiger partial charge < -0.3 is 4.90 Å². The van der Waals surface area contributed by atoms with Crippen LogP contribution >= 0.6 is 15.9 Å². The zero-order valence-electron chi connectivity index (χ0n) is 8.06. The molecule has 0 saturated carbocycles. The van der Waals surface area contributed by atoms with Crippen molar-refractivity contribution in [2.24, 2.45) is 5.92 Å². The van der Waals surface area contributed by atoms with E-state index >= 15 is 0 Å². The van der Waals surface area contributed by atoms with Crippen LogP contribution in [0.2, 0.25) is 0 Å². The number of aromatic nitrogens is 2. The Kier molecular flexibility index (Phi) is 3.35. The van der Waals surface area contributed by atoms with Gasteiger partial charge in [-0.15, -0.1) is 0 Å². The zero-order chi connectivity index (χ0) is 9.80. The lowest BCUT2D eigenvalue weighted by Crippen LogP contribution is -2.36. The lowest BCUT2D eigenvalue weighted by Gasteiger charge is -2.32. The molecule has 0 spiro atoms. The summed E-state index contributed by atoms with van der Waals surface area (Å²) >= 11 is 3.55. The van der Waals surface area contributed by atoms with Crippen LogP contribution in [-0.4, -0.2) is 28.4 Å². The molecule has 3 nitrogen and oxygen atoms in total. The van der Waals surface area contributed by atoms with Gasteiger partial charge in [-0.3, -0.25) is 4.98 Å². The van der Waals surface area contributed by atoms with E-state index < -0.39 is 0 Å². The van der Waals surface area contributed by atoms with Gasteiger partial charge >= 0.3 is 0 Å². The van der Waals surface area contributed by atoms with Crippen LogP contribution < -0.4 is 4.90 Å². The van der Waals surface area contributed by atoms with Crippen LogP contribution in [0, 0.1) is 5.92 Å². The predicted molar refractivity (Wildman–Crippen MR) is 60.8 cm³/mol. The zero-order valence-corrected chi connectivity index (χ0v) is 9.65. The first-order valence-corrected chi connectivity index (χ1v) is 6.09. The fourth-order valence-electron chi connectivity index (χ4n) is 1.85. The van der Waals surface area contributed by atoms with Crippen molar-refractivity contribution in [2.75, 3.05) is 23.3 Å². The Balaban J connectivity index is 2.04. The Bertz CT molecular complexity index is 278. The first-order valence-electron chi connectivity index (χ1n) is 4.97. The van der Waals surface area contributed by atoms with Gasteiger partial charge in [0.1, 0.15) is 5.82 Å². The number of rotatable bonds is 2. The summed E-state index contributed by atoms with van der Waals surface area (Å²) in [5.41, 5.74) is 0. The molecular weight excluding hydrogens is 242 g/mol. The molecule has 2 heterocycles. The SMILES string of the molecule is BrCC1CCCN(c2cnccn2)C1. The van der Waals surface area contributed by atoms with Gasteiger partial charge in [0.2, 0.25) is 0 Å². The van der Waals surface area contributed by atoms with Gasteiger partial charge in [-0.1, -0.05) is 15.9 Å². The molecule has 1 aromatic rings. The second-order valence-corrected chi connectivity index (χ2v) is 4.32. The lowest BCUT2D eigenvalue weighted by atomic mass is 10.0. The highest BCUT2D eigenvalue weighted by Gasteiger charge is 2.19. The number of nitrogens with zero attached hydrogens (tertiary/aromatic N) is 3. The third kappa shape index (κ3) is 2.23. The molecule has 1 fully saturated rings. The molecule has 0 N–H and O–H groups in total. The molecule has 76 valence electrons.